The largest absolute Gasteiger partial charge is 0.456 e. The average molecular weight is 338 g/mol. The summed E-state index contributed by atoms with van der Waals surface area (Å²) < 4.78 is 4.94. The van der Waals surface area contributed by atoms with Gasteiger partial charge in [0.25, 0.3) is 11.8 Å². The molecule has 0 atom stereocenters. The van der Waals surface area contributed by atoms with Crippen molar-refractivity contribution in [3.05, 3.63) is 16.0 Å². The number of nitrogens with one attached hydrogen (secondary N) is 1. The molecule has 0 aromatic carbocycles. The van der Waals surface area contributed by atoms with Crippen LogP contribution >= 0.6 is 11.3 Å². The van der Waals surface area contributed by atoms with Crippen molar-refractivity contribution in [3.63, 3.8) is 0 Å². The minimum atomic E-state index is -0.534. The highest BCUT2D eigenvalue weighted by Crippen LogP contribution is 2.38. The molecule has 0 fully saturated rings. The lowest BCUT2D eigenvalue weighted by Gasteiger charge is -2.08. The van der Waals surface area contributed by atoms with Crippen LogP contribution in [0.1, 0.15) is 53.9 Å². The molecule has 23 heavy (non-hydrogen) atoms. The molecule has 2 rings (SSSR count). The van der Waals surface area contributed by atoms with Gasteiger partial charge in [0.1, 0.15) is 5.00 Å². The van der Waals surface area contributed by atoms with Crippen molar-refractivity contribution in [2.45, 2.75) is 46.0 Å². The Morgan fingerprint density at radius 2 is 2.04 bits per heavy atom. The van der Waals surface area contributed by atoms with Crippen LogP contribution in [-0.4, -0.2) is 24.4 Å². The molecule has 3 N–H and O–H groups in total. The number of fused-ring (bicyclic) bond motifs is 1. The monoisotopic (exact) mass is 338 g/mol. The van der Waals surface area contributed by atoms with E-state index < -0.39 is 17.8 Å². The number of amides is 2. The first kappa shape index (κ1) is 17.5. The van der Waals surface area contributed by atoms with E-state index >= 15 is 0 Å². The highest BCUT2D eigenvalue weighted by Gasteiger charge is 2.26. The maximum Gasteiger partial charge on any atom is 0.306 e. The first-order valence-electron chi connectivity index (χ1n) is 7.78. The zero-order chi connectivity index (χ0) is 17.0. The Kier molecular flexibility index (Phi) is 5.76. The van der Waals surface area contributed by atoms with Gasteiger partial charge in [-0.2, -0.15) is 0 Å². The van der Waals surface area contributed by atoms with Gasteiger partial charge in [-0.15, -0.1) is 11.3 Å². The Labute approximate surface area is 139 Å². The lowest BCUT2D eigenvalue weighted by Crippen LogP contribution is -2.22. The number of thiophene rings is 1. The molecule has 7 heteroatoms. The zero-order valence-corrected chi connectivity index (χ0v) is 14.3. The summed E-state index contributed by atoms with van der Waals surface area (Å²) >= 11 is 1.38. The predicted molar refractivity (Wildman–Crippen MR) is 88.5 cm³/mol. The molecule has 0 unspecified atom stereocenters. The summed E-state index contributed by atoms with van der Waals surface area (Å²) in [6, 6.07) is 0. The van der Waals surface area contributed by atoms with Crippen LogP contribution in [0.5, 0.6) is 0 Å². The van der Waals surface area contributed by atoms with Crippen molar-refractivity contribution >= 4 is 34.1 Å². The smallest absolute Gasteiger partial charge is 0.306 e. The molecular formula is C16H22N2O4S. The van der Waals surface area contributed by atoms with Gasteiger partial charge in [0.15, 0.2) is 6.61 Å². The molecule has 0 aliphatic heterocycles. The van der Waals surface area contributed by atoms with Gasteiger partial charge in [0, 0.05) is 11.3 Å². The minimum absolute atomic E-state index is 0.296. The number of esters is 1. The molecule has 0 saturated carbocycles. The summed E-state index contributed by atoms with van der Waals surface area (Å²) in [4.78, 5) is 36.2. The second kappa shape index (κ2) is 7.59. The van der Waals surface area contributed by atoms with Crippen LogP contribution in [0.15, 0.2) is 0 Å². The topological polar surface area (TPSA) is 98.5 Å². The number of carbonyl (C=O) groups excluding carboxylic acids is 3. The van der Waals surface area contributed by atoms with Crippen molar-refractivity contribution in [1.82, 2.24) is 0 Å². The summed E-state index contributed by atoms with van der Waals surface area (Å²) in [5.74, 6) is -0.973. The number of anilines is 1. The Bertz CT molecular complexity index is 622. The van der Waals surface area contributed by atoms with E-state index in [-0.39, 0.29) is 6.61 Å². The normalized spacial score (nSPS) is 13.0. The van der Waals surface area contributed by atoms with Gasteiger partial charge in [-0.25, -0.2) is 0 Å². The molecule has 1 aromatic heterocycles. The summed E-state index contributed by atoms with van der Waals surface area (Å²) in [6.45, 7) is 3.68. The van der Waals surface area contributed by atoms with E-state index in [2.05, 4.69) is 5.32 Å². The molecule has 2 amide bonds. The SMILES string of the molecule is CC(C)CCC(=O)OCC(=O)Nc1sc2c(c1C(N)=O)CCC2. The van der Waals surface area contributed by atoms with Crippen LogP contribution in [-0.2, 0) is 27.2 Å². The highest BCUT2D eigenvalue weighted by atomic mass is 32.1. The first-order chi connectivity index (χ1) is 10.9. The fraction of sp³-hybridized carbons (Fsp3) is 0.562. The van der Waals surface area contributed by atoms with Crippen LogP contribution in [0.2, 0.25) is 0 Å². The van der Waals surface area contributed by atoms with Crippen LogP contribution in [0.3, 0.4) is 0 Å². The van der Waals surface area contributed by atoms with Crippen molar-refractivity contribution in [1.29, 1.82) is 0 Å². The van der Waals surface area contributed by atoms with E-state index in [4.69, 9.17) is 10.5 Å². The van der Waals surface area contributed by atoms with Crippen molar-refractivity contribution < 1.29 is 19.1 Å². The highest BCUT2D eigenvalue weighted by molar-refractivity contribution is 7.17. The average Bonchev–Trinajstić information content (AvgIpc) is 3.02. The van der Waals surface area contributed by atoms with Gasteiger partial charge in [-0.05, 0) is 37.2 Å². The number of hydrogen-bond donors (Lipinski definition) is 2. The Balaban J connectivity index is 1.91. The number of ether oxygens (including phenoxy) is 1. The number of aryl methyl sites for hydroxylation is 1. The molecule has 0 bridgehead atoms. The number of hydrogen-bond acceptors (Lipinski definition) is 5. The second-order valence-electron chi connectivity index (χ2n) is 6.07. The Morgan fingerprint density at radius 3 is 2.70 bits per heavy atom. The van der Waals surface area contributed by atoms with Crippen LogP contribution in [0, 0.1) is 5.92 Å². The summed E-state index contributed by atoms with van der Waals surface area (Å²) in [5.41, 5.74) is 6.78. The van der Waals surface area contributed by atoms with Crippen LogP contribution < -0.4 is 11.1 Å². The van der Waals surface area contributed by atoms with E-state index in [9.17, 15) is 14.4 Å². The standard InChI is InChI=1S/C16H22N2O4S/c1-9(2)6-7-13(20)22-8-12(19)18-16-14(15(17)21)10-4-3-5-11(10)23-16/h9H,3-8H2,1-2H3,(H2,17,21)(H,18,19). The second-order valence-corrected chi connectivity index (χ2v) is 7.17. The van der Waals surface area contributed by atoms with Crippen molar-refractivity contribution in [2.24, 2.45) is 11.7 Å². The van der Waals surface area contributed by atoms with E-state index in [0.717, 1.165) is 36.1 Å². The quantitative estimate of drug-likeness (QED) is 0.745. The third-order valence-corrected chi connectivity index (χ3v) is 4.92. The molecule has 0 saturated heterocycles. The van der Waals surface area contributed by atoms with Crippen molar-refractivity contribution in [3.8, 4) is 0 Å². The van der Waals surface area contributed by atoms with Gasteiger partial charge in [-0.1, -0.05) is 13.8 Å². The van der Waals surface area contributed by atoms with Gasteiger partial charge >= 0.3 is 5.97 Å². The Morgan fingerprint density at radius 1 is 1.30 bits per heavy atom. The molecule has 126 valence electrons. The lowest BCUT2D eigenvalue weighted by atomic mass is 10.1. The third-order valence-electron chi connectivity index (χ3n) is 3.71. The minimum Gasteiger partial charge on any atom is -0.456 e. The fourth-order valence-corrected chi connectivity index (χ4v) is 3.85. The number of primary amides is 1. The molecule has 1 aliphatic carbocycles. The van der Waals surface area contributed by atoms with Crippen LogP contribution in [0.4, 0.5) is 5.00 Å². The summed E-state index contributed by atoms with van der Waals surface area (Å²) in [7, 11) is 0. The van der Waals surface area contributed by atoms with Gasteiger partial charge < -0.3 is 15.8 Å². The first-order valence-corrected chi connectivity index (χ1v) is 8.60. The number of rotatable bonds is 7. The van der Waals surface area contributed by atoms with E-state index in [1.165, 1.54) is 11.3 Å². The molecule has 6 nitrogen and oxygen atoms in total. The Hall–Kier alpha value is -1.89. The van der Waals surface area contributed by atoms with Crippen molar-refractivity contribution in [2.75, 3.05) is 11.9 Å². The van der Waals surface area contributed by atoms with E-state index in [1.807, 2.05) is 13.8 Å². The van der Waals surface area contributed by atoms with Crippen LogP contribution in [0.25, 0.3) is 0 Å². The maximum atomic E-state index is 11.9. The molecular weight excluding hydrogens is 316 g/mol. The number of carbonyl (C=O) groups is 3. The molecule has 0 radical (unpaired) electrons. The third kappa shape index (κ3) is 4.54. The summed E-state index contributed by atoms with van der Waals surface area (Å²) in [5, 5.41) is 3.11. The fourth-order valence-electron chi connectivity index (χ4n) is 2.54. The zero-order valence-electron chi connectivity index (χ0n) is 13.4. The molecule has 1 aromatic rings. The van der Waals surface area contributed by atoms with Gasteiger partial charge in [-0.3, -0.25) is 14.4 Å². The van der Waals surface area contributed by atoms with E-state index in [1.54, 1.807) is 0 Å². The van der Waals surface area contributed by atoms with E-state index in [0.29, 0.717) is 22.9 Å². The molecule has 1 heterocycles. The molecule has 0 spiro atoms. The maximum absolute atomic E-state index is 11.9. The molecule has 1 aliphatic rings. The number of nitrogens with two attached hydrogens (primary N) is 1. The summed E-state index contributed by atoms with van der Waals surface area (Å²) in [6.07, 6.45) is 3.74. The van der Waals surface area contributed by atoms with Gasteiger partial charge in [0.05, 0.1) is 5.56 Å². The lowest BCUT2D eigenvalue weighted by molar-refractivity contribution is -0.147. The predicted octanol–water partition coefficient (Wildman–Crippen LogP) is 2.25. The van der Waals surface area contributed by atoms with Gasteiger partial charge in [0.2, 0.25) is 0 Å².